The lowest BCUT2D eigenvalue weighted by molar-refractivity contribution is -0.137. The number of carboxylic acids is 1. The number of hydrogen-bond acceptors (Lipinski definition) is 7. The first kappa shape index (κ1) is 24.6. The molecule has 0 spiro atoms. The van der Waals surface area contributed by atoms with Crippen molar-refractivity contribution in [3.05, 3.63) is 59.9 Å². The Morgan fingerprint density at radius 3 is 2.56 bits per heavy atom. The monoisotopic (exact) mass is 471 g/mol. The van der Waals surface area contributed by atoms with Crippen LogP contribution in [0.4, 0.5) is 9.18 Å². The molecular formula is C23H26FN5O5. The summed E-state index contributed by atoms with van der Waals surface area (Å²) in [4.78, 5) is 24.4. The van der Waals surface area contributed by atoms with E-state index in [2.05, 4.69) is 20.7 Å². The first-order valence-corrected chi connectivity index (χ1v) is 10.5. The number of tetrazole rings is 1. The highest BCUT2D eigenvalue weighted by atomic mass is 19.1. The van der Waals surface area contributed by atoms with Gasteiger partial charge in [0.1, 0.15) is 12.2 Å². The van der Waals surface area contributed by atoms with Crippen LogP contribution in [0, 0.1) is 5.82 Å². The van der Waals surface area contributed by atoms with Crippen LogP contribution < -0.4 is 10.1 Å². The lowest BCUT2D eigenvalue weighted by atomic mass is 10.2. The van der Waals surface area contributed by atoms with Crippen LogP contribution >= 0.6 is 0 Å². The third kappa shape index (κ3) is 7.54. The molecule has 1 heterocycles. The van der Waals surface area contributed by atoms with Gasteiger partial charge >= 0.3 is 12.1 Å². The molecular weight excluding hydrogens is 445 g/mol. The second-order valence-corrected chi connectivity index (χ2v) is 8.53. The Labute approximate surface area is 195 Å². The second kappa shape index (κ2) is 10.7. The van der Waals surface area contributed by atoms with Gasteiger partial charge in [0.25, 0.3) is 0 Å². The lowest BCUT2D eigenvalue weighted by Crippen LogP contribution is -2.42. The molecule has 11 heteroatoms. The smallest absolute Gasteiger partial charge is 0.407 e. The van der Waals surface area contributed by atoms with E-state index in [0.717, 1.165) is 10.4 Å². The number of aliphatic carboxylic acids is 1. The number of rotatable bonds is 9. The van der Waals surface area contributed by atoms with Crippen molar-refractivity contribution in [1.82, 2.24) is 25.5 Å². The van der Waals surface area contributed by atoms with Gasteiger partial charge in [0, 0.05) is 5.56 Å². The first-order valence-electron chi connectivity index (χ1n) is 10.5. The van der Waals surface area contributed by atoms with Gasteiger partial charge < -0.3 is 19.9 Å². The van der Waals surface area contributed by atoms with Gasteiger partial charge in [-0.3, -0.25) is 4.79 Å². The third-order valence-corrected chi connectivity index (χ3v) is 4.41. The number of ether oxygens (including phenoxy) is 2. The van der Waals surface area contributed by atoms with Gasteiger partial charge in [-0.15, -0.1) is 10.2 Å². The standard InChI is InChI=1S/C23H26FN5O5/c1-23(2,3)34-22(32)25-17(12-20(30)31)13-29-27-21(26-28-29)16-9-10-19(18(24)11-16)33-14-15-7-5-4-6-8-15/h4-11,17H,12-14H2,1-3H3,(H,25,32)(H,30,31). The van der Waals surface area contributed by atoms with Gasteiger partial charge in [0.2, 0.25) is 5.82 Å². The number of carbonyl (C=O) groups is 2. The molecule has 34 heavy (non-hydrogen) atoms. The average molecular weight is 471 g/mol. The molecule has 3 aromatic rings. The Bertz CT molecular complexity index is 1130. The molecule has 1 amide bonds. The molecule has 3 rings (SSSR count). The summed E-state index contributed by atoms with van der Waals surface area (Å²) in [7, 11) is 0. The van der Waals surface area contributed by atoms with Gasteiger partial charge in [0.05, 0.1) is 19.0 Å². The fourth-order valence-corrected chi connectivity index (χ4v) is 2.97. The van der Waals surface area contributed by atoms with Crippen LogP contribution in [0.3, 0.4) is 0 Å². The largest absolute Gasteiger partial charge is 0.486 e. The quantitative estimate of drug-likeness (QED) is 0.486. The molecule has 2 N–H and O–H groups in total. The van der Waals surface area contributed by atoms with Gasteiger partial charge in [-0.1, -0.05) is 30.3 Å². The van der Waals surface area contributed by atoms with Gasteiger partial charge in [0.15, 0.2) is 11.6 Å². The number of carbonyl (C=O) groups excluding carboxylic acids is 1. The Hall–Kier alpha value is -4.02. The molecule has 0 aliphatic rings. The number of halogens is 1. The van der Waals surface area contributed by atoms with Crippen molar-refractivity contribution < 1.29 is 28.6 Å². The number of nitrogens with zero attached hydrogens (tertiary/aromatic N) is 4. The second-order valence-electron chi connectivity index (χ2n) is 8.53. The molecule has 0 bridgehead atoms. The van der Waals surface area contributed by atoms with E-state index in [4.69, 9.17) is 14.6 Å². The molecule has 180 valence electrons. The van der Waals surface area contributed by atoms with E-state index in [0.29, 0.717) is 5.56 Å². The van der Waals surface area contributed by atoms with E-state index < -0.39 is 29.5 Å². The zero-order chi connectivity index (χ0) is 24.7. The summed E-state index contributed by atoms with van der Waals surface area (Å²) in [6.45, 7) is 5.24. The van der Waals surface area contributed by atoms with Crippen molar-refractivity contribution in [2.75, 3.05) is 0 Å². The number of hydrogen-bond donors (Lipinski definition) is 2. The minimum atomic E-state index is -1.12. The number of alkyl carbamates (subject to hydrolysis) is 1. The SMILES string of the molecule is CC(C)(C)OC(=O)NC(CC(=O)O)Cn1nnc(-c2ccc(OCc3ccccc3)c(F)c2)n1. The summed E-state index contributed by atoms with van der Waals surface area (Å²) < 4.78 is 25.3. The molecule has 0 fully saturated rings. The Kier molecular flexibility index (Phi) is 7.77. The molecule has 2 aromatic carbocycles. The fourth-order valence-electron chi connectivity index (χ4n) is 2.97. The molecule has 0 aliphatic carbocycles. The van der Waals surface area contributed by atoms with Crippen LogP contribution in [0.5, 0.6) is 5.75 Å². The molecule has 1 aromatic heterocycles. The Morgan fingerprint density at radius 1 is 1.18 bits per heavy atom. The predicted octanol–water partition coefficient (Wildman–Crippen LogP) is 3.43. The number of carboxylic acid groups (broad SMARTS) is 1. The minimum absolute atomic E-state index is 0.0701. The van der Waals surface area contributed by atoms with Gasteiger partial charge in [-0.05, 0) is 49.7 Å². The van der Waals surface area contributed by atoms with E-state index in [-0.39, 0.29) is 31.1 Å². The Balaban J connectivity index is 1.66. The molecule has 0 aliphatic heterocycles. The van der Waals surface area contributed by atoms with E-state index in [1.165, 1.54) is 12.1 Å². The third-order valence-electron chi connectivity index (χ3n) is 4.41. The molecule has 0 saturated carbocycles. The van der Waals surface area contributed by atoms with Crippen molar-refractivity contribution in [2.24, 2.45) is 0 Å². The summed E-state index contributed by atoms with van der Waals surface area (Å²) in [6.07, 6.45) is -1.13. The van der Waals surface area contributed by atoms with E-state index in [9.17, 15) is 14.0 Å². The van der Waals surface area contributed by atoms with Crippen LogP contribution in [0.15, 0.2) is 48.5 Å². The predicted molar refractivity (Wildman–Crippen MR) is 119 cm³/mol. The molecule has 0 radical (unpaired) electrons. The maximum atomic E-state index is 14.5. The zero-order valence-electron chi connectivity index (χ0n) is 19.1. The van der Waals surface area contributed by atoms with Crippen molar-refractivity contribution in [3.63, 3.8) is 0 Å². The van der Waals surface area contributed by atoms with Crippen LogP contribution in [-0.4, -0.2) is 49.0 Å². The molecule has 1 atom stereocenters. The maximum absolute atomic E-state index is 14.5. The minimum Gasteiger partial charge on any atom is -0.486 e. The number of benzene rings is 2. The van der Waals surface area contributed by atoms with Crippen molar-refractivity contribution >= 4 is 12.1 Å². The van der Waals surface area contributed by atoms with Crippen molar-refractivity contribution in [1.29, 1.82) is 0 Å². The Morgan fingerprint density at radius 2 is 1.91 bits per heavy atom. The first-order chi connectivity index (χ1) is 16.1. The van der Waals surface area contributed by atoms with Crippen LogP contribution in [0.1, 0.15) is 32.8 Å². The summed E-state index contributed by atoms with van der Waals surface area (Å²) in [5.74, 6) is -1.47. The highest BCUT2D eigenvalue weighted by molar-refractivity contribution is 5.71. The number of nitrogens with one attached hydrogen (secondary N) is 1. The van der Waals surface area contributed by atoms with Crippen LogP contribution in [0.2, 0.25) is 0 Å². The summed E-state index contributed by atoms with van der Waals surface area (Å²) in [6, 6.07) is 12.8. The lowest BCUT2D eigenvalue weighted by Gasteiger charge is -2.22. The topological polar surface area (TPSA) is 128 Å². The summed E-state index contributed by atoms with van der Waals surface area (Å²) in [5, 5.41) is 23.6. The van der Waals surface area contributed by atoms with Crippen LogP contribution in [0.25, 0.3) is 11.4 Å². The average Bonchev–Trinajstić information content (AvgIpc) is 3.20. The highest BCUT2D eigenvalue weighted by Crippen LogP contribution is 2.24. The molecule has 10 nitrogen and oxygen atoms in total. The molecule has 0 saturated heterocycles. The summed E-state index contributed by atoms with van der Waals surface area (Å²) in [5.41, 5.74) is 0.537. The van der Waals surface area contributed by atoms with Crippen molar-refractivity contribution in [2.45, 2.75) is 52.0 Å². The van der Waals surface area contributed by atoms with Gasteiger partial charge in [-0.25, -0.2) is 9.18 Å². The summed E-state index contributed by atoms with van der Waals surface area (Å²) >= 11 is 0. The highest BCUT2D eigenvalue weighted by Gasteiger charge is 2.23. The fraction of sp³-hybridized carbons (Fsp3) is 0.348. The zero-order valence-corrected chi connectivity index (χ0v) is 19.1. The van der Waals surface area contributed by atoms with E-state index in [1.807, 2.05) is 30.3 Å². The van der Waals surface area contributed by atoms with Crippen molar-refractivity contribution in [3.8, 4) is 17.1 Å². The maximum Gasteiger partial charge on any atom is 0.407 e. The normalized spacial score (nSPS) is 12.1. The van der Waals surface area contributed by atoms with E-state index in [1.54, 1.807) is 26.8 Å². The number of amides is 1. The molecule has 1 unspecified atom stereocenters. The number of aromatic nitrogens is 4. The van der Waals surface area contributed by atoms with Crippen LogP contribution in [-0.2, 0) is 22.7 Å². The van der Waals surface area contributed by atoms with Gasteiger partial charge in [-0.2, -0.15) is 4.80 Å². The van der Waals surface area contributed by atoms with E-state index >= 15 is 0 Å².